The van der Waals surface area contributed by atoms with Crippen molar-refractivity contribution in [3.8, 4) is 5.75 Å². The van der Waals surface area contributed by atoms with Crippen LogP contribution in [0, 0.1) is 5.82 Å². The van der Waals surface area contributed by atoms with Crippen LogP contribution in [-0.4, -0.2) is 24.1 Å². The highest BCUT2D eigenvalue weighted by Gasteiger charge is 2.16. The summed E-state index contributed by atoms with van der Waals surface area (Å²) in [4.78, 5) is 10.5. The molecule has 3 aromatic rings. The first-order valence-electron chi connectivity index (χ1n) is 7.03. The third-order valence-corrected chi connectivity index (χ3v) is 3.84. The van der Waals surface area contributed by atoms with Crippen molar-refractivity contribution in [2.45, 2.75) is 5.88 Å². The number of rotatable bonds is 4. The number of hydrogen-bond acceptors (Lipinski definition) is 4. The van der Waals surface area contributed by atoms with Gasteiger partial charge in [0.1, 0.15) is 23.2 Å². The number of benzene rings is 2. The Morgan fingerprint density at radius 2 is 1.87 bits per heavy atom. The number of halogens is 2. The molecular formula is C17H15ClFN3O. The van der Waals surface area contributed by atoms with Crippen LogP contribution in [0.1, 0.15) is 5.82 Å². The fourth-order valence-corrected chi connectivity index (χ4v) is 2.52. The van der Waals surface area contributed by atoms with Crippen LogP contribution in [0.25, 0.3) is 10.9 Å². The lowest BCUT2D eigenvalue weighted by molar-refractivity contribution is 0.415. The van der Waals surface area contributed by atoms with Gasteiger partial charge in [0, 0.05) is 12.7 Å². The van der Waals surface area contributed by atoms with Gasteiger partial charge in [0.05, 0.1) is 23.9 Å². The van der Waals surface area contributed by atoms with Gasteiger partial charge in [-0.25, -0.2) is 14.4 Å². The van der Waals surface area contributed by atoms with E-state index in [2.05, 4.69) is 9.97 Å². The summed E-state index contributed by atoms with van der Waals surface area (Å²) in [5, 5.41) is 0.375. The average molecular weight is 332 g/mol. The Labute approximate surface area is 138 Å². The summed E-state index contributed by atoms with van der Waals surface area (Å²) >= 11 is 5.88. The summed E-state index contributed by atoms with van der Waals surface area (Å²) in [5.41, 5.74) is 1.39. The van der Waals surface area contributed by atoms with E-state index < -0.39 is 0 Å². The minimum Gasteiger partial charge on any atom is -0.497 e. The number of anilines is 2. The Hall–Kier alpha value is -2.40. The van der Waals surface area contributed by atoms with Gasteiger partial charge in [-0.05, 0) is 36.4 Å². The minimum absolute atomic E-state index is 0.163. The monoisotopic (exact) mass is 331 g/mol. The van der Waals surface area contributed by atoms with Crippen molar-refractivity contribution in [1.82, 2.24) is 9.97 Å². The first-order valence-corrected chi connectivity index (χ1v) is 7.56. The number of alkyl halides is 1. The summed E-state index contributed by atoms with van der Waals surface area (Å²) in [6, 6.07) is 12.2. The molecule has 1 heterocycles. The van der Waals surface area contributed by atoms with Crippen LogP contribution in [0.4, 0.5) is 15.9 Å². The third-order valence-electron chi connectivity index (χ3n) is 3.60. The van der Waals surface area contributed by atoms with E-state index >= 15 is 0 Å². The molecule has 1 aromatic heterocycles. The molecular weight excluding hydrogens is 317 g/mol. The minimum atomic E-state index is -0.362. The van der Waals surface area contributed by atoms with Crippen LogP contribution in [0.5, 0.6) is 5.75 Å². The lowest BCUT2D eigenvalue weighted by atomic mass is 10.2. The predicted octanol–water partition coefficient (Wildman–Crippen LogP) is 4.28. The molecule has 0 aliphatic carbocycles. The molecule has 0 N–H and O–H groups in total. The average Bonchev–Trinajstić information content (AvgIpc) is 2.60. The van der Waals surface area contributed by atoms with E-state index in [-0.39, 0.29) is 11.7 Å². The van der Waals surface area contributed by atoms with Crippen molar-refractivity contribution in [3.63, 3.8) is 0 Å². The molecule has 0 aliphatic heterocycles. The molecule has 0 unspecified atom stereocenters. The number of aromatic nitrogens is 2. The molecule has 0 saturated heterocycles. The zero-order valence-electron chi connectivity index (χ0n) is 12.8. The number of hydrogen-bond donors (Lipinski definition) is 0. The van der Waals surface area contributed by atoms with Crippen molar-refractivity contribution < 1.29 is 9.13 Å². The van der Waals surface area contributed by atoms with Gasteiger partial charge in [0.2, 0.25) is 0 Å². The van der Waals surface area contributed by atoms with Crippen molar-refractivity contribution >= 4 is 34.0 Å². The number of methoxy groups -OCH3 is 1. The van der Waals surface area contributed by atoms with E-state index in [1.165, 1.54) is 6.07 Å². The molecule has 0 saturated carbocycles. The topological polar surface area (TPSA) is 38.2 Å². The van der Waals surface area contributed by atoms with Crippen LogP contribution in [-0.2, 0) is 5.88 Å². The summed E-state index contributed by atoms with van der Waals surface area (Å²) in [6.45, 7) is 0. The maximum absolute atomic E-state index is 14.3. The van der Waals surface area contributed by atoms with Gasteiger partial charge < -0.3 is 9.64 Å². The summed E-state index contributed by atoms with van der Waals surface area (Å²) < 4.78 is 19.5. The Morgan fingerprint density at radius 1 is 1.13 bits per heavy atom. The van der Waals surface area contributed by atoms with Gasteiger partial charge in [-0.15, -0.1) is 11.6 Å². The van der Waals surface area contributed by atoms with E-state index in [0.717, 1.165) is 11.4 Å². The molecule has 2 aromatic carbocycles. The summed E-state index contributed by atoms with van der Waals surface area (Å²) in [7, 11) is 3.44. The Kier molecular flexibility index (Phi) is 4.30. The van der Waals surface area contributed by atoms with E-state index in [9.17, 15) is 4.39 Å². The SMILES string of the molecule is COc1ccc(N(C)c2nc(CCl)nc3cccc(F)c23)cc1. The first-order chi connectivity index (χ1) is 11.1. The second kappa shape index (κ2) is 6.38. The fraction of sp³-hybridized carbons (Fsp3) is 0.176. The van der Waals surface area contributed by atoms with Gasteiger partial charge in [-0.2, -0.15) is 0 Å². The van der Waals surface area contributed by atoms with Gasteiger partial charge >= 0.3 is 0 Å². The third kappa shape index (κ3) is 2.92. The predicted molar refractivity (Wildman–Crippen MR) is 90.1 cm³/mol. The first kappa shape index (κ1) is 15.5. The maximum Gasteiger partial charge on any atom is 0.147 e. The zero-order valence-corrected chi connectivity index (χ0v) is 13.5. The van der Waals surface area contributed by atoms with Gasteiger partial charge in [0.15, 0.2) is 0 Å². The van der Waals surface area contributed by atoms with Gasteiger partial charge in [0.25, 0.3) is 0 Å². The van der Waals surface area contributed by atoms with Crippen molar-refractivity contribution in [2.24, 2.45) is 0 Å². The van der Waals surface area contributed by atoms with E-state index in [0.29, 0.717) is 22.5 Å². The molecule has 0 amide bonds. The van der Waals surface area contributed by atoms with Crippen LogP contribution in [0.15, 0.2) is 42.5 Å². The Balaban J connectivity index is 2.16. The normalized spacial score (nSPS) is 10.8. The zero-order chi connectivity index (χ0) is 16.4. The highest BCUT2D eigenvalue weighted by Crippen LogP contribution is 2.31. The second-order valence-electron chi connectivity index (χ2n) is 4.99. The second-order valence-corrected chi connectivity index (χ2v) is 5.26. The molecule has 0 aliphatic rings. The number of fused-ring (bicyclic) bond motifs is 1. The van der Waals surface area contributed by atoms with Gasteiger partial charge in [-0.3, -0.25) is 0 Å². The lowest BCUT2D eigenvalue weighted by Crippen LogP contribution is -2.14. The molecule has 0 bridgehead atoms. The smallest absolute Gasteiger partial charge is 0.147 e. The van der Waals surface area contributed by atoms with Crippen molar-refractivity contribution in [2.75, 3.05) is 19.1 Å². The summed E-state index contributed by atoms with van der Waals surface area (Å²) in [6.07, 6.45) is 0. The van der Waals surface area contributed by atoms with Crippen LogP contribution in [0.2, 0.25) is 0 Å². The molecule has 4 nitrogen and oxygen atoms in total. The highest BCUT2D eigenvalue weighted by atomic mass is 35.5. The fourth-order valence-electron chi connectivity index (χ4n) is 2.40. The summed E-state index contributed by atoms with van der Waals surface area (Å²) in [5.74, 6) is 1.49. The standard InChI is InChI=1S/C17H15ClFN3O/c1-22(11-6-8-12(23-2)9-7-11)17-16-13(19)4-3-5-14(16)20-15(10-18)21-17/h3-9H,10H2,1-2H3. The van der Waals surface area contributed by atoms with Crippen molar-refractivity contribution in [3.05, 3.63) is 54.1 Å². The van der Waals surface area contributed by atoms with Crippen molar-refractivity contribution in [1.29, 1.82) is 0 Å². The molecule has 118 valence electrons. The molecule has 23 heavy (non-hydrogen) atoms. The molecule has 0 atom stereocenters. The molecule has 0 spiro atoms. The van der Waals surface area contributed by atoms with E-state index in [4.69, 9.17) is 16.3 Å². The molecule has 3 rings (SSSR count). The lowest BCUT2D eigenvalue weighted by Gasteiger charge is -2.21. The number of ether oxygens (including phenoxy) is 1. The largest absolute Gasteiger partial charge is 0.497 e. The van der Waals surface area contributed by atoms with Crippen LogP contribution < -0.4 is 9.64 Å². The maximum atomic E-state index is 14.3. The van der Waals surface area contributed by atoms with Crippen LogP contribution >= 0.6 is 11.6 Å². The van der Waals surface area contributed by atoms with Gasteiger partial charge in [-0.1, -0.05) is 6.07 Å². The van der Waals surface area contributed by atoms with E-state index in [1.54, 1.807) is 19.2 Å². The quantitative estimate of drug-likeness (QED) is 0.669. The highest BCUT2D eigenvalue weighted by molar-refractivity contribution is 6.16. The molecule has 0 fully saturated rings. The number of nitrogens with zero attached hydrogens (tertiary/aromatic N) is 3. The molecule has 6 heteroatoms. The Morgan fingerprint density at radius 3 is 2.52 bits per heavy atom. The van der Waals surface area contributed by atoms with E-state index in [1.807, 2.05) is 36.2 Å². The Bertz CT molecular complexity index is 839. The molecule has 0 radical (unpaired) electrons. The van der Waals surface area contributed by atoms with Crippen LogP contribution in [0.3, 0.4) is 0 Å².